The highest BCUT2D eigenvalue weighted by molar-refractivity contribution is 6.33. The Bertz CT molecular complexity index is 1420. The molecule has 0 bridgehead atoms. The van der Waals surface area contributed by atoms with Crippen LogP contribution in [0.1, 0.15) is 5.69 Å². The largest absolute Gasteiger partial charge is 0.357 e. The molecule has 1 saturated heterocycles. The number of anilines is 1. The molecule has 11 heteroatoms. The van der Waals surface area contributed by atoms with Crippen molar-refractivity contribution in [2.75, 3.05) is 39.4 Å². The molecule has 4 aromatic rings. The van der Waals surface area contributed by atoms with Gasteiger partial charge in [0.05, 0.1) is 36.8 Å². The molecule has 1 aliphatic heterocycles. The van der Waals surface area contributed by atoms with E-state index in [1.165, 1.54) is 4.57 Å². The lowest BCUT2D eigenvalue weighted by Gasteiger charge is -2.21. The molecule has 5 rings (SSSR count). The van der Waals surface area contributed by atoms with Crippen LogP contribution in [0.15, 0.2) is 47.7 Å². The van der Waals surface area contributed by atoms with Gasteiger partial charge in [0.2, 0.25) is 5.95 Å². The maximum absolute atomic E-state index is 12.9. The van der Waals surface area contributed by atoms with Crippen LogP contribution in [-0.2, 0) is 16.5 Å². The molecule has 1 aromatic carbocycles. The maximum atomic E-state index is 12.9. The molecule has 0 atom stereocenters. The molecule has 188 valence electrons. The zero-order chi connectivity index (χ0) is 25.7. The molecular weight excluding hydrogens is 482 g/mol. The van der Waals surface area contributed by atoms with Crippen LogP contribution in [0.4, 0.5) is 5.95 Å². The van der Waals surface area contributed by atoms with Crippen molar-refractivity contribution in [3.8, 4) is 22.4 Å². The number of hydrogen-bond donors (Lipinski definition) is 2. The molecule has 4 heterocycles. The number of ether oxygens (including phenoxy) is 2. The molecule has 0 saturated carbocycles. The van der Waals surface area contributed by atoms with Gasteiger partial charge in [0.1, 0.15) is 12.4 Å². The second-order valence-corrected chi connectivity index (χ2v) is 8.64. The van der Waals surface area contributed by atoms with Gasteiger partial charge in [0.25, 0.3) is 5.56 Å². The number of aryl methyl sites for hydroxylation is 2. The van der Waals surface area contributed by atoms with Gasteiger partial charge in [0, 0.05) is 53.6 Å². The number of halogens is 1. The number of likely N-dealkylation sites (N-methyl/N-ethyl adjacent to an activating group) is 1. The van der Waals surface area contributed by atoms with Gasteiger partial charge < -0.3 is 20.1 Å². The molecule has 1 fully saturated rings. The molecule has 0 aliphatic carbocycles. The number of rotatable bonds is 4. The Morgan fingerprint density at radius 2 is 1.83 bits per heavy atom. The summed E-state index contributed by atoms with van der Waals surface area (Å²) in [7, 11) is 5.32. The minimum atomic E-state index is -0.182. The molecule has 0 unspecified atom stereocenters. The molecular formula is C25H28ClN7O3. The molecule has 2 N–H and O–H groups in total. The fraction of sp³-hybridized carbons (Fsp3) is 0.320. The Balaban J connectivity index is 0.000000325. The van der Waals surface area contributed by atoms with Gasteiger partial charge in [-0.05, 0) is 26.1 Å². The Labute approximate surface area is 213 Å². The summed E-state index contributed by atoms with van der Waals surface area (Å²) in [5.41, 5.74) is 3.89. The first-order valence-electron chi connectivity index (χ1n) is 11.4. The van der Waals surface area contributed by atoms with Crippen molar-refractivity contribution in [3.05, 3.63) is 63.9 Å². The molecule has 1 aliphatic rings. The standard InChI is InChI=1S/C20H17ClN6O.C5H11NO2/c1-11-8-23-10-17(25-11)12-4-5-14(16(21)7-12)15-6-13-9-24-20(22-2)26-18(13)27(3)19(15)28;1-6-5-2-7-4-8-3-5/h4-10H,1-3H3,(H,22,24,26);5-6H,2-4H2,1H3. The summed E-state index contributed by atoms with van der Waals surface area (Å²) in [6.45, 7) is 3.89. The van der Waals surface area contributed by atoms with Gasteiger partial charge in [-0.1, -0.05) is 23.7 Å². The van der Waals surface area contributed by atoms with E-state index >= 15 is 0 Å². The fourth-order valence-corrected chi connectivity index (χ4v) is 3.99. The summed E-state index contributed by atoms with van der Waals surface area (Å²) in [5.74, 6) is 0.455. The first-order valence-corrected chi connectivity index (χ1v) is 11.7. The van der Waals surface area contributed by atoms with Crippen molar-refractivity contribution in [2.24, 2.45) is 7.05 Å². The smallest absolute Gasteiger partial charge is 0.259 e. The fourth-order valence-electron chi connectivity index (χ4n) is 3.71. The maximum Gasteiger partial charge on any atom is 0.259 e. The van der Waals surface area contributed by atoms with Crippen molar-refractivity contribution in [3.63, 3.8) is 0 Å². The second kappa shape index (κ2) is 11.5. The number of nitrogens with zero attached hydrogens (tertiary/aromatic N) is 5. The molecule has 0 amide bonds. The van der Waals surface area contributed by atoms with E-state index in [0.717, 1.165) is 35.6 Å². The first-order chi connectivity index (χ1) is 17.4. The zero-order valence-electron chi connectivity index (χ0n) is 20.6. The summed E-state index contributed by atoms with van der Waals surface area (Å²) in [5, 5.41) is 7.14. The molecule has 0 spiro atoms. The molecule has 0 radical (unpaired) electrons. The number of benzene rings is 1. The Kier molecular flexibility index (Phi) is 8.21. The topological polar surface area (TPSA) is 116 Å². The van der Waals surface area contributed by atoms with E-state index in [2.05, 4.69) is 30.6 Å². The minimum Gasteiger partial charge on any atom is -0.357 e. The van der Waals surface area contributed by atoms with Crippen LogP contribution >= 0.6 is 11.6 Å². The van der Waals surface area contributed by atoms with Gasteiger partial charge in [-0.3, -0.25) is 14.3 Å². The lowest BCUT2D eigenvalue weighted by atomic mass is 10.0. The van der Waals surface area contributed by atoms with Crippen molar-refractivity contribution in [1.29, 1.82) is 0 Å². The quantitative estimate of drug-likeness (QED) is 0.428. The highest BCUT2D eigenvalue weighted by Gasteiger charge is 2.15. The second-order valence-electron chi connectivity index (χ2n) is 8.23. The van der Waals surface area contributed by atoms with E-state index in [1.54, 1.807) is 44.8 Å². The molecule has 3 aromatic heterocycles. The number of pyridine rings is 1. The lowest BCUT2D eigenvalue weighted by molar-refractivity contribution is -0.111. The van der Waals surface area contributed by atoms with E-state index < -0.39 is 0 Å². The third-order valence-electron chi connectivity index (χ3n) is 5.70. The van der Waals surface area contributed by atoms with Crippen LogP contribution in [-0.4, -0.2) is 64.6 Å². The van der Waals surface area contributed by atoms with Crippen LogP contribution in [0.25, 0.3) is 33.4 Å². The van der Waals surface area contributed by atoms with Crippen LogP contribution in [0.5, 0.6) is 0 Å². The lowest BCUT2D eigenvalue weighted by Crippen LogP contribution is -2.39. The van der Waals surface area contributed by atoms with Gasteiger partial charge in [0.15, 0.2) is 0 Å². The van der Waals surface area contributed by atoms with E-state index in [0.29, 0.717) is 40.6 Å². The minimum absolute atomic E-state index is 0.182. The summed E-state index contributed by atoms with van der Waals surface area (Å²) in [4.78, 5) is 30.2. The van der Waals surface area contributed by atoms with E-state index in [1.807, 2.05) is 26.1 Å². The number of nitrogens with one attached hydrogen (secondary N) is 2. The number of fused-ring (bicyclic) bond motifs is 1. The van der Waals surface area contributed by atoms with Crippen LogP contribution in [0, 0.1) is 6.92 Å². The van der Waals surface area contributed by atoms with E-state index in [9.17, 15) is 4.79 Å². The summed E-state index contributed by atoms with van der Waals surface area (Å²) >= 11 is 6.54. The highest BCUT2D eigenvalue weighted by atomic mass is 35.5. The van der Waals surface area contributed by atoms with Gasteiger partial charge >= 0.3 is 0 Å². The predicted octanol–water partition coefficient (Wildman–Crippen LogP) is 3.03. The zero-order valence-corrected chi connectivity index (χ0v) is 21.3. The van der Waals surface area contributed by atoms with Crippen LogP contribution < -0.4 is 16.2 Å². The van der Waals surface area contributed by atoms with Gasteiger partial charge in [-0.25, -0.2) is 9.97 Å². The van der Waals surface area contributed by atoms with Gasteiger partial charge in [-0.15, -0.1) is 0 Å². The average molecular weight is 510 g/mol. The predicted molar refractivity (Wildman–Crippen MR) is 140 cm³/mol. The third-order valence-corrected chi connectivity index (χ3v) is 6.01. The SMILES string of the molecule is CNC1COCOC1.CNc1ncc2cc(-c3ccc(-c4cncc(C)n4)cc3Cl)c(=O)n(C)c2n1. The van der Waals surface area contributed by atoms with Crippen LogP contribution in [0.3, 0.4) is 0 Å². The van der Waals surface area contributed by atoms with Crippen molar-refractivity contribution in [2.45, 2.75) is 13.0 Å². The van der Waals surface area contributed by atoms with Gasteiger partial charge in [-0.2, -0.15) is 4.98 Å². The van der Waals surface area contributed by atoms with Crippen LogP contribution in [0.2, 0.25) is 5.02 Å². The summed E-state index contributed by atoms with van der Waals surface area (Å²) in [6.07, 6.45) is 5.06. The summed E-state index contributed by atoms with van der Waals surface area (Å²) in [6, 6.07) is 7.67. The van der Waals surface area contributed by atoms with E-state index in [-0.39, 0.29) is 5.56 Å². The first kappa shape index (κ1) is 25.6. The Morgan fingerprint density at radius 1 is 1.06 bits per heavy atom. The monoisotopic (exact) mass is 509 g/mol. The summed E-state index contributed by atoms with van der Waals surface area (Å²) < 4.78 is 11.5. The average Bonchev–Trinajstić information content (AvgIpc) is 2.91. The highest BCUT2D eigenvalue weighted by Crippen LogP contribution is 2.31. The van der Waals surface area contributed by atoms with Crippen molar-refractivity contribution >= 4 is 28.6 Å². The van der Waals surface area contributed by atoms with Crippen molar-refractivity contribution in [1.82, 2.24) is 29.8 Å². The van der Waals surface area contributed by atoms with E-state index in [4.69, 9.17) is 21.1 Å². The Morgan fingerprint density at radius 3 is 2.47 bits per heavy atom. The molecule has 10 nitrogen and oxygen atoms in total. The number of aromatic nitrogens is 5. The normalized spacial score (nSPS) is 13.8. The van der Waals surface area contributed by atoms with Crippen molar-refractivity contribution < 1.29 is 9.47 Å². The number of hydrogen-bond acceptors (Lipinski definition) is 9. The molecule has 36 heavy (non-hydrogen) atoms. The Hall–Kier alpha value is -3.44. The third kappa shape index (κ3) is 5.68.